The van der Waals surface area contributed by atoms with Crippen molar-refractivity contribution < 1.29 is 15.0 Å². The zero-order chi connectivity index (χ0) is 21.3. The molecule has 0 fully saturated rings. The maximum atomic E-state index is 13.3. The maximum Gasteiger partial charge on any atom is 0.332 e. The standard InChI is InChI=1S/C22H17N3O5/c1-24-20-17(21(29)25(2)22(24)30)15(10-7-8-13(26)14(27)9-10)16-18(23-20)11-5-3-4-6-12(11)19(16)28/h3-9,15,23,26-27H,1-2H3. The van der Waals surface area contributed by atoms with Crippen LogP contribution in [0.25, 0.3) is 5.70 Å². The number of phenolic OH excluding ortho intramolecular Hbond substituents is 2. The molecule has 1 atom stereocenters. The Morgan fingerprint density at radius 1 is 0.900 bits per heavy atom. The fourth-order valence-electron chi connectivity index (χ4n) is 4.31. The molecule has 0 radical (unpaired) electrons. The van der Waals surface area contributed by atoms with Gasteiger partial charge in [0.2, 0.25) is 0 Å². The van der Waals surface area contributed by atoms with Gasteiger partial charge >= 0.3 is 5.69 Å². The van der Waals surface area contributed by atoms with Crippen molar-refractivity contribution in [1.82, 2.24) is 9.13 Å². The van der Waals surface area contributed by atoms with Crippen LogP contribution in [-0.2, 0) is 14.1 Å². The molecule has 30 heavy (non-hydrogen) atoms. The van der Waals surface area contributed by atoms with E-state index in [4.69, 9.17) is 0 Å². The lowest BCUT2D eigenvalue weighted by molar-refractivity contribution is 0.103. The first-order valence-corrected chi connectivity index (χ1v) is 9.28. The predicted octanol–water partition coefficient (Wildman–Crippen LogP) is 1.66. The highest BCUT2D eigenvalue weighted by Crippen LogP contribution is 2.48. The highest BCUT2D eigenvalue weighted by Gasteiger charge is 2.42. The molecule has 8 nitrogen and oxygen atoms in total. The van der Waals surface area contributed by atoms with Crippen molar-refractivity contribution in [2.45, 2.75) is 5.92 Å². The molecule has 8 heteroatoms. The number of allylic oxidation sites excluding steroid dienone is 1. The van der Waals surface area contributed by atoms with E-state index in [1.165, 1.54) is 23.7 Å². The second-order valence-electron chi connectivity index (χ2n) is 7.44. The number of anilines is 1. The van der Waals surface area contributed by atoms with E-state index in [0.717, 1.165) is 4.57 Å². The third-order valence-electron chi connectivity index (χ3n) is 5.81. The lowest BCUT2D eigenvalue weighted by Gasteiger charge is -2.29. The molecule has 2 aromatic carbocycles. The Hall–Kier alpha value is -4.07. The number of aromatic hydroxyl groups is 2. The van der Waals surface area contributed by atoms with Crippen molar-refractivity contribution in [3.8, 4) is 11.5 Å². The van der Waals surface area contributed by atoms with Gasteiger partial charge in [-0.1, -0.05) is 30.3 Å². The van der Waals surface area contributed by atoms with Crippen LogP contribution in [0.1, 0.15) is 33.0 Å². The summed E-state index contributed by atoms with van der Waals surface area (Å²) in [5.41, 5.74) is 1.73. The molecule has 1 aromatic heterocycles. The number of nitrogens with zero attached hydrogens (tertiary/aromatic N) is 2. The largest absolute Gasteiger partial charge is 0.504 e. The first kappa shape index (κ1) is 18.0. The van der Waals surface area contributed by atoms with Crippen LogP contribution < -0.4 is 16.6 Å². The number of benzene rings is 2. The molecular weight excluding hydrogens is 386 g/mol. The van der Waals surface area contributed by atoms with E-state index in [2.05, 4.69) is 5.32 Å². The quantitative estimate of drug-likeness (QED) is 0.533. The van der Waals surface area contributed by atoms with Crippen molar-refractivity contribution >= 4 is 17.3 Å². The van der Waals surface area contributed by atoms with Gasteiger partial charge in [-0.3, -0.25) is 18.7 Å². The summed E-state index contributed by atoms with van der Waals surface area (Å²) >= 11 is 0. The van der Waals surface area contributed by atoms with Gasteiger partial charge in [0.05, 0.1) is 11.3 Å². The number of carbonyl (C=O) groups is 1. The van der Waals surface area contributed by atoms with Gasteiger partial charge in [0.15, 0.2) is 17.3 Å². The zero-order valence-corrected chi connectivity index (χ0v) is 16.1. The Morgan fingerprint density at radius 2 is 1.60 bits per heavy atom. The molecule has 1 unspecified atom stereocenters. The third kappa shape index (κ3) is 2.18. The lowest BCUT2D eigenvalue weighted by atomic mass is 9.81. The highest BCUT2D eigenvalue weighted by molar-refractivity contribution is 6.23. The van der Waals surface area contributed by atoms with Crippen molar-refractivity contribution in [2.24, 2.45) is 14.1 Å². The number of nitrogens with one attached hydrogen (secondary N) is 1. The molecule has 1 aliphatic carbocycles. The smallest absolute Gasteiger partial charge is 0.332 e. The number of hydrogen-bond donors (Lipinski definition) is 3. The van der Waals surface area contributed by atoms with Crippen LogP contribution in [0.4, 0.5) is 5.82 Å². The zero-order valence-electron chi connectivity index (χ0n) is 16.1. The van der Waals surface area contributed by atoms with Gasteiger partial charge < -0.3 is 15.5 Å². The highest BCUT2D eigenvalue weighted by atomic mass is 16.3. The van der Waals surface area contributed by atoms with E-state index in [1.807, 2.05) is 6.07 Å². The Morgan fingerprint density at radius 3 is 2.30 bits per heavy atom. The minimum atomic E-state index is -0.826. The van der Waals surface area contributed by atoms with Gasteiger partial charge in [-0.2, -0.15) is 0 Å². The summed E-state index contributed by atoms with van der Waals surface area (Å²) in [6, 6.07) is 11.3. The van der Waals surface area contributed by atoms with Gasteiger partial charge in [-0.15, -0.1) is 0 Å². The Bertz CT molecular complexity index is 1430. The lowest BCUT2D eigenvalue weighted by Crippen LogP contribution is -2.42. The van der Waals surface area contributed by atoms with Gasteiger partial charge in [-0.05, 0) is 17.7 Å². The van der Waals surface area contributed by atoms with E-state index in [1.54, 1.807) is 31.3 Å². The van der Waals surface area contributed by atoms with Gasteiger partial charge in [0.25, 0.3) is 5.56 Å². The molecule has 5 rings (SSSR count). The molecule has 0 saturated heterocycles. The fraction of sp³-hybridized carbons (Fsp3) is 0.136. The summed E-state index contributed by atoms with van der Waals surface area (Å²) in [4.78, 5) is 39.0. The number of rotatable bonds is 1. The Labute approximate surface area is 170 Å². The molecular formula is C22H17N3O5. The van der Waals surface area contributed by atoms with Crippen LogP contribution in [0.15, 0.2) is 57.6 Å². The summed E-state index contributed by atoms with van der Waals surface area (Å²) in [5.74, 6) is -1.43. The van der Waals surface area contributed by atoms with Crippen molar-refractivity contribution in [3.05, 3.63) is 91.1 Å². The molecule has 2 aliphatic rings. The van der Waals surface area contributed by atoms with E-state index in [0.29, 0.717) is 33.8 Å². The van der Waals surface area contributed by atoms with E-state index >= 15 is 0 Å². The summed E-state index contributed by atoms with van der Waals surface area (Å²) < 4.78 is 2.32. The monoisotopic (exact) mass is 403 g/mol. The number of phenols is 2. The summed E-state index contributed by atoms with van der Waals surface area (Å²) in [5, 5.41) is 23.0. The van der Waals surface area contributed by atoms with E-state index in [9.17, 15) is 24.6 Å². The molecule has 0 amide bonds. The minimum absolute atomic E-state index is 0.226. The Kier molecular flexibility index (Phi) is 3.58. The van der Waals surface area contributed by atoms with Crippen molar-refractivity contribution in [2.75, 3.05) is 5.32 Å². The first-order chi connectivity index (χ1) is 14.3. The van der Waals surface area contributed by atoms with Crippen LogP contribution in [-0.4, -0.2) is 25.1 Å². The Balaban J connectivity index is 1.90. The van der Waals surface area contributed by atoms with Crippen molar-refractivity contribution in [1.29, 1.82) is 0 Å². The van der Waals surface area contributed by atoms with E-state index < -0.39 is 17.2 Å². The second kappa shape index (κ2) is 5.96. The van der Waals surface area contributed by atoms with Crippen molar-refractivity contribution in [3.63, 3.8) is 0 Å². The third-order valence-corrected chi connectivity index (χ3v) is 5.81. The summed E-state index contributed by atoms with van der Waals surface area (Å²) in [6.07, 6.45) is 0. The second-order valence-corrected chi connectivity index (χ2v) is 7.44. The number of hydrogen-bond acceptors (Lipinski definition) is 6. The van der Waals surface area contributed by atoms with Crippen LogP contribution >= 0.6 is 0 Å². The van der Waals surface area contributed by atoms with Crippen LogP contribution in [0.3, 0.4) is 0 Å². The maximum absolute atomic E-state index is 13.3. The molecule has 0 bridgehead atoms. The van der Waals surface area contributed by atoms with E-state index in [-0.39, 0.29) is 22.8 Å². The van der Waals surface area contributed by atoms with Crippen LogP contribution in [0.2, 0.25) is 0 Å². The SMILES string of the molecule is Cn1c2c(c(=O)n(C)c1=O)C(c1ccc(O)c(O)c1)C1=C(N2)c2ccccc2C1=O. The van der Waals surface area contributed by atoms with Gasteiger partial charge in [0, 0.05) is 36.7 Å². The number of carbonyl (C=O) groups excluding carboxylic acids is 1. The topological polar surface area (TPSA) is 114 Å². The summed E-state index contributed by atoms with van der Waals surface area (Å²) in [6.45, 7) is 0. The average molecular weight is 403 g/mol. The average Bonchev–Trinajstić information content (AvgIpc) is 3.03. The molecule has 3 aromatic rings. The van der Waals surface area contributed by atoms with Crippen LogP contribution in [0.5, 0.6) is 11.5 Å². The van der Waals surface area contributed by atoms with Crippen LogP contribution in [0, 0.1) is 0 Å². The van der Waals surface area contributed by atoms with Gasteiger partial charge in [-0.25, -0.2) is 4.79 Å². The number of Topliss-reactive ketones (excluding diaryl/α,β-unsaturated/α-hetero) is 1. The molecule has 0 saturated carbocycles. The minimum Gasteiger partial charge on any atom is -0.504 e. The first-order valence-electron chi connectivity index (χ1n) is 9.28. The predicted molar refractivity (Wildman–Crippen MR) is 110 cm³/mol. The number of ketones is 1. The number of fused-ring (bicyclic) bond motifs is 3. The van der Waals surface area contributed by atoms with Gasteiger partial charge in [0.1, 0.15) is 5.82 Å². The fourth-order valence-corrected chi connectivity index (χ4v) is 4.31. The molecule has 0 spiro atoms. The molecule has 1 aliphatic heterocycles. The molecule has 3 N–H and O–H groups in total. The summed E-state index contributed by atoms with van der Waals surface area (Å²) in [7, 11) is 2.93. The normalized spacial score (nSPS) is 16.7. The number of aromatic nitrogens is 2. The molecule has 150 valence electrons. The molecule has 2 heterocycles.